The second kappa shape index (κ2) is 4.31. The Balaban J connectivity index is 2.05. The van der Waals surface area contributed by atoms with Crippen molar-refractivity contribution in [3.8, 4) is 0 Å². The number of hydrogen-bond donors (Lipinski definition) is 2. The summed E-state index contributed by atoms with van der Waals surface area (Å²) >= 11 is 0. The molecular formula is C11H20N4. The second-order valence-corrected chi connectivity index (χ2v) is 4.77. The van der Waals surface area contributed by atoms with E-state index in [1.807, 2.05) is 0 Å². The van der Waals surface area contributed by atoms with Crippen LogP contribution in [-0.4, -0.2) is 21.7 Å². The van der Waals surface area contributed by atoms with Crippen molar-refractivity contribution < 1.29 is 0 Å². The van der Waals surface area contributed by atoms with E-state index in [9.17, 15) is 0 Å². The summed E-state index contributed by atoms with van der Waals surface area (Å²) in [6.45, 7) is 2.99. The summed E-state index contributed by atoms with van der Waals surface area (Å²) in [5.74, 6) is 2.00. The lowest BCUT2D eigenvalue weighted by molar-refractivity contribution is 0.460. The Morgan fingerprint density at radius 3 is 2.80 bits per heavy atom. The third-order valence-corrected chi connectivity index (χ3v) is 3.40. The molecule has 4 nitrogen and oxygen atoms in total. The summed E-state index contributed by atoms with van der Waals surface area (Å²) in [5, 5.41) is 7.37. The minimum absolute atomic E-state index is 0.220. The van der Waals surface area contributed by atoms with Crippen molar-refractivity contribution in [3.05, 3.63) is 11.6 Å². The van der Waals surface area contributed by atoms with Crippen LogP contribution in [0, 0.1) is 0 Å². The second-order valence-electron chi connectivity index (χ2n) is 4.77. The molecule has 1 aromatic rings. The fourth-order valence-corrected chi connectivity index (χ4v) is 2.33. The summed E-state index contributed by atoms with van der Waals surface area (Å²) in [6.07, 6.45) is 6.96. The van der Waals surface area contributed by atoms with Crippen LogP contribution in [0.3, 0.4) is 0 Å². The first kappa shape index (κ1) is 10.6. The molecule has 0 amide bonds. The number of nitrogens with zero attached hydrogens (tertiary/aromatic N) is 2. The molecule has 0 saturated heterocycles. The van der Waals surface area contributed by atoms with Crippen LogP contribution in [0.1, 0.15) is 50.7 Å². The topological polar surface area (TPSA) is 67.6 Å². The van der Waals surface area contributed by atoms with Gasteiger partial charge >= 0.3 is 0 Å². The minimum Gasteiger partial charge on any atom is -0.330 e. The Hall–Kier alpha value is -0.900. The Labute approximate surface area is 90.7 Å². The van der Waals surface area contributed by atoms with Crippen LogP contribution < -0.4 is 5.73 Å². The van der Waals surface area contributed by atoms with E-state index in [4.69, 9.17) is 5.73 Å². The molecule has 1 aromatic heterocycles. The first-order valence-electron chi connectivity index (χ1n) is 5.86. The zero-order valence-corrected chi connectivity index (χ0v) is 9.42. The molecule has 1 saturated carbocycles. The predicted molar refractivity (Wildman–Crippen MR) is 59.6 cm³/mol. The van der Waals surface area contributed by atoms with E-state index in [0.717, 1.165) is 24.5 Å². The van der Waals surface area contributed by atoms with Gasteiger partial charge in [-0.25, -0.2) is 4.98 Å². The van der Waals surface area contributed by atoms with Gasteiger partial charge in [0.05, 0.1) is 0 Å². The maximum absolute atomic E-state index is 5.47. The van der Waals surface area contributed by atoms with Crippen molar-refractivity contribution in [2.45, 2.75) is 50.9 Å². The van der Waals surface area contributed by atoms with Crippen molar-refractivity contribution in [1.29, 1.82) is 0 Å². The smallest absolute Gasteiger partial charge is 0.156 e. The van der Waals surface area contributed by atoms with Gasteiger partial charge in [-0.15, -0.1) is 0 Å². The molecule has 2 rings (SSSR count). The highest BCUT2D eigenvalue weighted by Crippen LogP contribution is 2.38. The lowest BCUT2D eigenvalue weighted by Gasteiger charge is -2.18. The molecule has 0 atom stereocenters. The third-order valence-electron chi connectivity index (χ3n) is 3.40. The molecule has 4 heteroatoms. The number of rotatable bonds is 4. The largest absolute Gasteiger partial charge is 0.330 e. The van der Waals surface area contributed by atoms with Gasteiger partial charge in [0.25, 0.3) is 0 Å². The molecule has 0 aromatic carbocycles. The summed E-state index contributed by atoms with van der Waals surface area (Å²) in [5.41, 5.74) is 5.69. The summed E-state index contributed by atoms with van der Waals surface area (Å²) in [4.78, 5) is 4.58. The van der Waals surface area contributed by atoms with Crippen LogP contribution in [-0.2, 0) is 11.8 Å². The summed E-state index contributed by atoms with van der Waals surface area (Å²) < 4.78 is 0. The number of hydrogen-bond acceptors (Lipinski definition) is 3. The van der Waals surface area contributed by atoms with Crippen LogP contribution in [0.2, 0.25) is 0 Å². The molecule has 0 unspecified atom stereocenters. The van der Waals surface area contributed by atoms with E-state index < -0.39 is 0 Å². The van der Waals surface area contributed by atoms with Gasteiger partial charge < -0.3 is 5.73 Å². The first-order valence-corrected chi connectivity index (χ1v) is 5.86. The number of aromatic amines is 1. The molecule has 0 aliphatic heterocycles. The molecule has 0 spiro atoms. The number of aromatic nitrogens is 3. The molecule has 1 aliphatic carbocycles. The molecule has 3 N–H and O–H groups in total. The molecule has 1 aliphatic rings. The van der Waals surface area contributed by atoms with Gasteiger partial charge in [-0.2, -0.15) is 5.10 Å². The molecule has 1 fully saturated rings. The number of nitrogens with one attached hydrogen (secondary N) is 1. The Kier molecular flexibility index (Phi) is 3.05. The normalized spacial score (nSPS) is 19.6. The van der Waals surface area contributed by atoms with Crippen LogP contribution >= 0.6 is 0 Å². The molecule has 15 heavy (non-hydrogen) atoms. The van der Waals surface area contributed by atoms with Gasteiger partial charge in [0.1, 0.15) is 5.82 Å². The highest BCUT2D eigenvalue weighted by Gasteiger charge is 2.34. The fourth-order valence-electron chi connectivity index (χ4n) is 2.33. The van der Waals surface area contributed by atoms with E-state index in [-0.39, 0.29) is 5.41 Å². The van der Waals surface area contributed by atoms with Gasteiger partial charge in [0.15, 0.2) is 5.82 Å². The average Bonchev–Trinajstić information content (AvgIpc) is 2.84. The SMILES string of the molecule is CC1(c2n[nH]c(CCCN)n2)CCCC1. The zero-order chi connectivity index (χ0) is 10.7. The van der Waals surface area contributed by atoms with Crippen molar-refractivity contribution >= 4 is 0 Å². The lowest BCUT2D eigenvalue weighted by atomic mass is 9.88. The van der Waals surface area contributed by atoms with Crippen LogP contribution in [0.5, 0.6) is 0 Å². The quantitative estimate of drug-likeness (QED) is 0.788. The van der Waals surface area contributed by atoms with Crippen LogP contribution in [0.4, 0.5) is 0 Å². The first-order chi connectivity index (χ1) is 7.24. The zero-order valence-electron chi connectivity index (χ0n) is 9.42. The van der Waals surface area contributed by atoms with Gasteiger partial charge in [-0.1, -0.05) is 19.8 Å². The Bertz CT molecular complexity index is 312. The van der Waals surface area contributed by atoms with Gasteiger partial charge in [-0.3, -0.25) is 5.10 Å². The summed E-state index contributed by atoms with van der Waals surface area (Å²) in [7, 11) is 0. The molecule has 1 heterocycles. The van der Waals surface area contributed by atoms with Crippen molar-refractivity contribution in [1.82, 2.24) is 15.2 Å². The highest BCUT2D eigenvalue weighted by atomic mass is 15.2. The van der Waals surface area contributed by atoms with Crippen LogP contribution in [0.15, 0.2) is 0 Å². The predicted octanol–water partition coefficient (Wildman–Crippen LogP) is 1.53. The number of nitrogens with two attached hydrogens (primary N) is 1. The van der Waals surface area contributed by atoms with Crippen molar-refractivity contribution in [3.63, 3.8) is 0 Å². The van der Waals surface area contributed by atoms with Gasteiger partial charge in [0, 0.05) is 11.8 Å². The minimum atomic E-state index is 0.220. The van der Waals surface area contributed by atoms with E-state index in [0.29, 0.717) is 6.54 Å². The highest BCUT2D eigenvalue weighted by molar-refractivity contribution is 5.08. The average molecular weight is 208 g/mol. The molecule has 0 radical (unpaired) electrons. The maximum Gasteiger partial charge on any atom is 0.156 e. The standard InChI is InChI=1S/C11H20N4/c1-11(6-2-3-7-11)10-13-9(14-15-10)5-4-8-12/h2-8,12H2,1H3,(H,13,14,15). The molecule has 0 bridgehead atoms. The van der Waals surface area contributed by atoms with Gasteiger partial charge in [0.2, 0.25) is 0 Å². The van der Waals surface area contributed by atoms with Crippen molar-refractivity contribution in [2.24, 2.45) is 5.73 Å². The maximum atomic E-state index is 5.47. The molecular weight excluding hydrogens is 188 g/mol. The van der Waals surface area contributed by atoms with Crippen molar-refractivity contribution in [2.75, 3.05) is 6.54 Å². The van der Waals surface area contributed by atoms with E-state index in [2.05, 4.69) is 22.1 Å². The monoisotopic (exact) mass is 208 g/mol. The summed E-state index contributed by atoms with van der Waals surface area (Å²) in [6, 6.07) is 0. The fraction of sp³-hybridized carbons (Fsp3) is 0.818. The van der Waals surface area contributed by atoms with E-state index in [1.54, 1.807) is 0 Å². The number of H-pyrrole nitrogens is 1. The van der Waals surface area contributed by atoms with E-state index in [1.165, 1.54) is 25.7 Å². The van der Waals surface area contributed by atoms with Gasteiger partial charge in [-0.05, 0) is 25.8 Å². The third kappa shape index (κ3) is 2.20. The Morgan fingerprint density at radius 1 is 1.40 bits per heavy atom. The number of aryl methyl sites for hydroxylation is 1. The van der Waals surface area contributed by atoms with Crippen LogP contribution in [0.25, 0.3) is 0 Å². The lowest BCUT2D eigenvalue weighted by Crippen LogP contribution is -2.18. The molecule has 84 valence electrons. The van der Waals surface area contributed by atoms with E-state index >= 15 is 0 Å². The Morgan fingerprint density at radius 2 is 2.13 bits per heavy atom.